The van der Waals surface area contributed by atoms with Crippen LogP contribution in [0.3, 0.4) is 0 Å². The molecular formula is C21H22N2O5. The van der Waals surface area contributed by atoms with Gasteiger partial charge in [0.1, 0.15) is 0 Å². The molecule has 2 aromatic rings. The van der Waals surface area contributed by atoms with Crippen LogP contribution < -0.4 is 5.32 Å². The zero-order chi connectivity index (χ0) is 20.1. The Balaban J connectivity index is 1.69. The summed E-state index contributed by atoms with van der Waals surface area (Å²) in [6.07, 6.45) is 0.112. The molecule has 7 heteroatoms. The van der Waals surface area contributed by atoms with Crippen LogP contribution in [0.5, 0.6) is 0 Å². The van der Waals surface area contributed by atoms with Gasteiger partial charge >= 0.3 is 5.97 Å². The van der Waals surface area contributed by atoms with Gasteiger partial charge in [0.25, 0.3) is 5.91 Å². The van der Waals surface area contributed by atoms with Gasteiger partial charge < -0.3 is 20.1 Å². The maximum Gasteiger partial charge on any atom is 0.335 e. The molecule has 1 heterocycles. The van der Waals surface area contributed by atoms with Crippen LogP contribution in [-0.2, 0) is 16.0 Å². The van der Waals surface area contributed by atoms with Crippen molar-refractivity contribution >= 4 is 23.5 Å². The normalized spacial score (nSPS) is 13.8. The topological polar surface area (TPSA) is 95.9 Å². The zero-order valence-electron chi connectivity index (χ0n) is 15.6. The molecule has 3 rings (SSSR count). The van der Waals surface area contributed by atoms with Crippen molar-refractivity contribution in [3.8, 4) is 0 Å². The summed E-state index contributed by atoms with van der Waals surface area (Å²) in [5, 5.41) is 11.8. The van der Waals surface area contributed by atoms with Crippen LogP contribution in [0.15, 0.2) is 42.5 Å². The molecule has 0 saturated carbocycles. The summed E-state index contributed by atoms with van der Waals surface area (Å²) in [5.41, 5.74) is 2.75. The predicted molar refractivity (Wildman–Crippen MR) is 104 cm³/mol. The SMILES string of the molecule is Cc1c(NC(=O)Cc2ccc(C(=O)O)cc2)cccc1C(=O)N1CCOCC1. The number of carbonyl (C=O) groups excluding carboxylic acids is 2. The van der Waals surface area contributed by atoms with Crippen LogP contribution in [0.4, 0.5) is 5.69 Å². The Labute approximate surface area is 162 Å². The van der Waals surface area contributed by atoms with Crippen molar-refractivity contribution in [3.63, 3.8) is 0 Å². The number of nitrogens with one attached hydrogen (secondary N) is 1. The molecule has 1 aliphatic rings. The van der Waals surface area contributed by atoms with E-state index in [2.05, 4.69) is 5.32 Å². The number of nitrogens with zero attached hydrogens (tertiary/aromatic N) is 1. The summed E-state index contributed by atoms with van der Waals surface area (Å²) in [5.74, 6) is -1.31. The summed E-state index contributed by atoms with van der Waals surface area (Å²) in [6, 6.07) is 11.4. The average molecular weight is 382 g/mol. The minimum absolute atomic E-state index is 0.0684. The number of carboxylic acid groups (broad SMARTS) is 1. The first kappa shape index (κ1) is 19.6. The predicted octanol–water partition coefficient (Wildman–Crippen LogP) is 2.35. The van der Waals surface area contributed by atoms with Gasteiger partial charge in [-0.05, 0) is 42.3 Å². The first-order valence-corrected chi connectivity index (χ1v) is 9.04. The van der Waals surface area contributed by atoms with E-state index in [0.717, 1.165) is 0 Å². The zero-order valence-corrected chi connectivity index (χ0v) is 15.6. The monoisotopic (exact) mass is 382 g/mol. The van der Waals surface area contributed by atoms with Crippen LogP contribution in [0.25, 0.3) is 0 Å². The van der Waals surface area contributed by atoms with E-state index in [0.29, 0.717) is 48.7 Å². The van der Waals surface area contributed by atoms with Crippen LogP contribution >= 0.6 is 0 Å². The molecule has 0 bridgehead atoms. The van der Waals surface area contributed by atoms with Crippen molar-refractivity contribution < 1.29 is 24.2 Å². The summed E-state index contributed by atoms with van der Waals surface area (Å²) in [7, 11) is 0. The van der Waals surface area contributed by atoms with Crippen LogP contribution in [0.2, 0.25) is 0 Å². The first-order valence-electron chi connectivity index (χ1n) is 9.04. The van der Waals surface area contributed by atoms with E-state index >= 15 is 0 Å². The van der Waals surface area contributed by atoms with Gasteiger partial charge in [-0.1, -0.05) is 18.2 Å². The largest absolute Gasteiger partial charge is 0.478 e. The Bertz CT molecular complexity index is 886. The molecular weight excluding hydrogens is 360 g/mol. The van der Waals surface area contributed by atoms with Gasteiger partial charge in [0.05, 0.1) is 25.2 Å². The van der Waals surface area contributed by atoms with Gasteiger partial charge in [-0.15, -0.1) is 0 Å². The average Bonchev–Trinajstić information content (AvgIpc) is 2.70. The Hall–Kier alpha value is -3.19. The summed E-state index contributed by atoms with van der Waals surface area (Å²) in [4.78, 5) is 37.8. The molecule has 1 fully saturated rings. The van der Waals surface area contributed by atoms with Gasteiger partial charge in [0.2, 0.25) is 5.91 Å². The highest BCUT2D eigenvalue weighted by atomic mass is 16.5. The molecule has 0 unspecified atom stereocenters. The molecule has 28 heavy (non-hydrogen) atoms. The van der Waals surface area contributed by atoms with E-state index in [1.54, 1.807) is 35.2 Å². The lowest BCUT2D eigenvalue weighted by atomic mass is 10.0. The first-order chi connectivity index (χ1) is 13.5. The minimum atomic E-state index is -1.01. The number of aromatic carboxylic acids is 1. The van der Waals surface area contributed by atoms with Gasteiger partial charge in [-0.25, -0.2) is 4.79 Å². The molecule has 2 aromatic carbocycles. The lowest BCUT2D eigenvalue weighted by Crippen LogP contribution is -2.41. The molecule has 1 saturated heterocycles. The fourth-order valence-corrected chi connectivity index (χ4v) is 3.08. The molecule has 146 valence electrons. The number of hydrogen-bond acceptors (Lipinski definition) is 4. The lowest BCUT2D eigenvalue weighted by molar-refractivity contribution is -0.115. The van der Waals surface area contributed by atoms with E-state index < -0.39 is 5.97 Å². The fraction of sp³-hybridized carbons (Fsp3) is 0.286. The third kappa shape index (κ3) is 4.55. The number of hydrogen-bond donors (Lipinski definition) is 2. The third-order valence-corrected chi connectivity index (χ3v) is 4.70. The standard InChI is InChI=1S/C21H22N2O5/c1-14-17(20(25)23-9-11-28-12-10-23)3-2-4-18(14)22-19(24)13-15-5-7-16(8-6-15)21(26)27/h2-8H,9-13H2,1H3,(H,22,24)(H,26,27). The van der Waals surface area contributed by atoms with E-state index in [9.17, 15) is 14.4 Å². The molecule has 2 N–H and O–H groups in total. The van der Waals surface area contributed by atoms with Crippen molar-refractivity contribution in [1.82, 2.24) is 4.90 Å². The van der Waals surface area contributed by atoms with Crippen molar-refractivity contribution in [2.45, 2.75) is 13.3 Å². The number of carboxylic acids is 1. The van der Waals surface area contributed by atoms with Crippen molar-refractivity contribution in [1.29, 1.82) is 0 Å². The van der Waals surface area contributed by atoms with Crippen LogP contribution in [0, 0.1) is 6.92 Å². The van der Waals surface area contributed by atoms with E-state index in [4.69, 9.17) is 9.84 Å². The number of benzene rings is 2. The molecule has 2 amide bonds. The van der Waals surface area contributed by atoms with Gasteiger partial charge in [0, 0.05) is 24.3 Å². The summed E-state index contributed by atoms with van der Waals surface area (Å²) < 4.78 is 5.29. The minimum Gasteiger partial charge on any atom is -0.478 e. The Morgan fingerprint density at radius 3 is 2.39 bits per heavy atom. The van der Waals surface area contributed by atoms with E-state index in [1.165, 1.54) is 12.1 Å². The molecule has 0 aliphatic carbocycles. The molecule has 7 nitrogen and oxygen atoms in total. The number of morpholine rings is 1. The molecule has 0 aromatic heterocycles. The van der Waals surface area contributed by atoms with Crippen molar-refractivity contribution in [2.75, 3.05) is 31.6 Å². The highest BCUT2D eigenvalue weighted by molar-refractivity contribution is 5.99. The van der Waals surface area contributed by atoms with Crippen molar-refractivity contribution in [2.24, 2.45) is 0 Å². The summed E-state index contributed by atoms with van der Waals surface area (Å²) in [6.45, 7) is 3.98. The molecule has 0 atom stereocenters. The molecule has 1 aliphatic heterocycles. The second kappa shape index (κ2) is 8.67. The van der Waals surface area contributed by atoms with Crippen molar-refractivity contribution in [3.05, 3.63) is 64.7 Å². The molecule has 0 radical (unpaired) electrons. The number of rotatable bonds is 5. The smallest absolute Gasteiger partial charge is 0.335 e. The number of carbonyl (C=O) groups is 3. The quantitative estimate of drug-likeness (QED) is 0.828. The van der Waals surface area contributed by atoms with E-state index in [1.807, 2.05) is 6.92 Å². The summed E-state index contributed by atoms with van der Waals surface area (Å²) >= 11 is 0. The van der Waals surface area contributed by atoms with Gasteiger partial charge in [0.15, 0.2) is 0 Å². The van der Waals surface area contributed by atoms with E-state index in [-0.39, 0.29) is 23.8 Å². The fourth-order valence-electron chi connectivity index (χ4n) is 3.08. The van der Waals surface area contributed by atoms with Gasteiger partial charge in [-0.3, -0.25) is 9.59 Å². The Kier molecular flexibility index (Phi) is 6.06. The van der Waals surface area contributed by atoms with Crippen LogP contribution in [-0.4, -0.2) is 54.1 Å². The Morgan fingerprint density at radius 2 is 1.75 bits per heavy atom. The number of amides is 2. The van der Waals surface area contributed by atoms with Gasteiger partial charge in [-0.2, -0.15) is 0 Å². The number of anilines is 1. The second-order valence-corrected chi connectivity index (χ2v) is 6.61. The highest BCUT2D eigenvalue weighted by Gasteiger charge is 2.21. The maximum absolute atomic E-state index is 12.7. The lowest BCUT2D eigenvalue weighted by Gasteiger charge is -2.27. The second-order valence-electron chi connectivity index (χ2n) is 6.61. The Morgan fingerprint density at radius 1 is 1.07 bits per heavy atom. The maximum atomic E-state index is 12.7. The van der Waals surface area contributed by atoms with Crippen LogP contribution in [0.1, 0.15) is 31.8 Å². The highest BCUT2D eigenvalue weighted by Crippen LogP contribution is 2.21. The third-order valence-electron chi connectivity index (χ3n) is 4.70. The molecule has 0 spiro atoms. The number of ether oxygens (including phenoxy) is 1.